The van der Waals surface area contributed by atoms with E-state index in [0.717, 1.165) is 33.3 Å². The van der Waals surface area contributed by atoms with Gasteiger partial charge in [-0.15, -0.1) is 0 Å². The first-order valence-corrected chi connectivity index (χ1v) is 18.2. The summed E-state index contributed by atoms with van der Waals surface area (Å²) in [6, 6.07) is 31.9. The fraction of sp³-hybridized carbons (Fsp3) is 0.224. The molecule has 53 heavy (non-hydrogen) atoms. The Morgan fingerprint density at radius 3 is 2.26 bits per heavy atom. The second kappa shape index (κ2) is 11.9. The predicted molar refractivity (Wildman–Crippen MR) is 222 cm³/mol. The van der Waals surface area contributed by atoms with E-state index in [0.29, 0.717) is 38.7 Å². The molecule has 9 aromatic rings. The summed E-state index contributed by atoms with van der Waals surface area (Å²) in [5.41, 5.74) is 6.54. The van der Waals surface area contributed by atoms with Crippen molar-refractivity contribution in [3.63, 3.8) is 0 Å². The Labute approximate surface area is 324 Å². The summed E-state index contributed by atoms with van der Waals surface area (Å²) in [6.07, 6.45) is -4.45. The number of aromatic nitrogens is 3. The van der Waals surface area contributed by atoms with Crippen LogP contribution in [0, 0.1) is 13.7 Å². The summed E-state index contributed by atoms with van der Waals surface area (Å²) >= 11 is 0. The van der Waals surface area contributed by atoms with Gasteiger partial charge in [0.05, 0.1) is 33.2 Å². The number of nitrogens with zero attached hydrogens (tertiary/aromatic N) is 3. The van der Waals surface area contributed by atoms with Gasteiger partial charge in [-0.2, -0.15) is 0 Å². The van der Waals surface area contributed by atoms with Gasteiger partial charge < -0.3 is 4.42 Å². The van der Waals surface area contributed by atoms with Gasteiger partial charge in [0.1, 0.15) is 16.9 Å². The fourth-order valence-corrected chi connectivity index (χ4v) is 8.22. The molecular weight excluding hydrogens is 647 g/mol. The maximum Gasteiger partial charge on any atom is 0.157 e. The van der Waals surface area contributed by atoms with Crippen molar-refractivity contribution in [3.8, 4) is 28.2 Å². The molecule has 4 heteroatoms. The van der Waals surface area contributed by atoms with Gasteiger partial charge in [0.2, 0.25) is 0 Å². The van der Waals surface area contributed by atoms with Crippen LogP contribution in [0.2, 0.25) is 0 Å². The van der Waals surface area contributed by atoms with Crippen molar-refractivity contribution in [2.75, 3.05) is 0 Å². The van der Waals surface area contributed by atoms with Crippen LogP contribution in [0.3, 0.4) is 0 Å². The number of imidazole rings is 1. The summed E-state index contributed by atoms with van der Waals surface area (Å²) in [4.78, 5) is 10.3. The summed E-state index contributed by atoms with van der Waals surface area (Å²) in [7, 11) is 0. The van der Waals surface area contributed by atoms with Gasteiger partial charge >= 0.3 is 0 Å². The van der Waals surface area contributed by atoms with Crippen molar-refractivity contribution >= 4 is 54.8 Å². The number of hydrogen-bond donors (Lipinski definition) is 0. The molecule has 1 aliphatic carbocycles. The average molecular weight is 700 g/mol. The lowest BCUT2D eigenvalue weighted by Gasteiger charge is -2.25. The van der Waals surface area contributed by atoms with Crippen molar-refractivity contribution in [2.45, 2.75) is 72.4 Å². The van der Waals surface area contributed by atoms with Crippen LogP contribution in [0.5, 0.6) is 0 Å². The molecule has 3 aromatic heterocycles. The largest absolute Gasteiger partial charge is 0.453 e. The summed E-state index contributed by atoms with van der Waals surface area (Å²) in [6.45, 7) is 3.00. The molecular formula is C49H43N3O. The third-order valence-corrected chi connectivity index (χ3v) is 10.8. The normalized spacial score (nSPS) is 18.4. The van der Waals surface area contributed by atoms with E-state index in [1.54, 1.807) is 24.3 Å². The topological polar surface area (TPSA) is 43.9 Å². The Balaban J connectivity index is 1.42. The Morgan fingerprint density at radius 2 is 1.49 bits per heavy atom. The maximum absolute atomic E-state index is 9.36. The Morgan fingerprint density at radius 1 is 0.717 bits per heavy atom. The summed E-state index contributed by atoms with van der Waals surface area (Å²) in [5, 5.41) is 1.99. The number of aryl methyl sites for hydroxylation is 4. The molecule has 4 nitrogen and oxygen atoms in total. The predicted octanol–water partition coefficient (Wildman–Crippen LogP) is 13.3. The lowest BCUT2D eigenvalue weighted by atomic mass is 9.88. The van der Waals surface area contributed by atoms with Crippen LogP contribution >= 0.6 is 0 Å². The number of furan rings is 1. The molecule has 0 N–H and O–H groups in total. The first-order valence-electron chi connectivity index (χ1n) is 23.2. The molecule has 0 atom stereocenters. The first kappa shape index (κ1) is 23.0. The van der Waals surface area contributed by atoms with E-state index in [4.69, 9.17) is 25.4 Å². The number of fused-ring (bicyclic) bond motifs is 9. The van der Waals surface area contributed by atoms with E-state index in [9.17, 15) is 2.74 Å². The molecule has 0 aliphatic heterocycles. The zero-order valence-electron chi connectivity index (χ0n) is 39.9. The van der Waals surface area contributed by atoms with Crippen LogP contribution in [-0.2, 0) is 12.7 Å². The van der Waals surface area contributed by atoms with Crippen molar-refractivity contribution in [3.05, 3.63) is 137 Å². The zero-order chi connectivity index (χ0) is 44.7. The highest BCUT2D eigenvalue weighted by Crippen LogP contribution is 2.46. The summed E-state index contributed by atoms with van der Waals surface area (Å²) in [5.74, 6) is 0.164. The quantitative estimate of drug-likeness (QED) is 0.168. The highest BCUT2D eigenvalue weighted by atomic mass is 16.3. The second-order valence-electron chi connectivity index (χ2n) is 14.6. The monoisotopic (exact) mass is 699 g/mol. The van der Waals surface area contributed by atoms with Crippen molar-refractivity contribution in [1.29, 1.82) is 0 Å². The van der Waals surface area contributed by atoms with E-state index in [-0.39, 0.29) is 62.6 Å². The van der Waals surface area contributed by atoms with Gasteiger partial charge in [0.25, 0.3) is 0 Å². The number of hydrogen-bond acceptors (Lipinski definition) is 3. The van der Waals surface area contributed by atoms with Gasteiger partial charge in [-0.3, -0.25) is 4.57 Å². The van der Waals surface area contributed by atoms with E-state index >= 15 is 0 Å². The minimum Gasteiger partial charge on any atom is -0.453 e. The Hall–Kier alpha value is -5.74. The molecule has 1 aliphatic rings. The number of rotatable bonds is 5. The number of benzene rings is 6. The van der Waals surface area contributed by atoms with Crippen LogP contribution in [0.15, 0.2) is 108 Å². The minimum absolute atomic E-state index is 0.0576. The molecule has 0 spiro atoms. The highest BCUT2D eigenvalue weighted by molar-refractivity contribution is 6.17. The van der Waals surface area contributed by atoms with Crippen LogP contribution in [0.4, 0.5) is 0 Å². The standard InChI is InChI=1S/C49H43N3O/c1-27(2)38-25-34(31-13-8-7-9-14-31)26-39(28(3)4)45(38)52-46-36-18-12-16-33(36)21-24-41(46)51-49(52)37-22-19-29(5)42-44-47(53-48(37)42)30(6)43-35-17-11-10-15-32(35)20-23-40(43)50-44/h7-11,13-15,17,19-28H,12,16,18H2,1-6H3/i5D3,6D3,16D2,18D2. The maximum atomic E-state index is 9.36. The first-order chi connectivity index (χ1) is 29.7. The van der Waals surface area contributed by atoms with E-state index < -0.39 is 26.4 Å². The third-order valence-electron chi connectivity index (χ3n) is 10.8. The molecule has 6 aromatic carbocycles. The Bertz CT molecular complexity index is 3330. The minimum atomic E-state index is -2.71. The molecule has 0 radical (unpaired) electrons. The Kier molecular flexibility index (Phi) is 5.17. The van der Waals surface area contributed by atoms with Gasteiger partial charge in [0, 0.05) is 24.7 Å². The van der Waals surface area contributed by atoms with Crippen LogP contribution < -0.4 is 0 Å². The summed E-state index contributed by atoms with van der Waals surface area (Å²) < 4.78 is 98.3. The SMILES string of the molecule is [2H]C([2H])([2H])c1c2oc3c(-c4nc5ccc6c(c5n4-c4c(C(C)C)cc(-c5ccccc5)cc4C(C)C)C([2H])([2H])CC6([2H])[2H])ccc(C([2H])([2H])[2H])c3c2nc2ccc3ccccc3c12. The van der Waals surface area contributed by atoms with E-state index in [2.05, 4.69) is 52.0 Å². The second-order valence-corrected chi connectivity index (χ2v) is 14.6. The lowest BCUT2D eigenvalue weighted by Crippen LogP contribution is -2.10. The van der Waals surface area contributed by atoms with Crippen LogP contribution in [0.25, 0.3) is 83.0 Å². The molecule has 0 saturated heterocycles. The molecule has 0 fully saturated rings. The lowest BCUT2D eigenvalue weighted by molar-refractivity contribution is 0.666. The molecule has 0 saturated carbocycles. The van der Waals surface area contributed by atoms with E-state index in [1.807, 2.05) is 53.1 Å². The zero-order valence-corrected chi connectivity index (χ0v) is 29.9. The van der Waals surface area contributed by atoms with Gasteiger partial charge in [-0.05, 0) is 125 Å². The third kappa shape index (κ3) is 4.74. The molecule has 0 amide bonds. The molecule has 0 bridgehead atoms. The molecule has 10 rings (SSSR count). The van der Waals surface area contributed by atoms with Gasteiger partial charge in [-0.1, -0.05) is 100 Å². The van der Waals surface area contributed by atoms with E-state index in [1.165, 1.54) is 6.07 Å². The van der Waals surface area contributed by atoms with Gasteiger partial charge in [-0.25, -0.2) is 9.97 Å². The number of pyridine rings is 1. The smallest absolute Gasteiger partial charge is 0.157 e. The highest BCUT2D eigenvalue weighted by Gasteiger charge is 2.29. The van der Waals surface area contributed by atoms with Crippen molar-refractivity contribution in [2.24, 2.45) is 0 Å². The van der Waals surface area contributed by atoms with Crippen molar-refractivity contribution < 1.29 is 18.1 Å². The van der Waals surface area contributed by atoms with Crippen LogP contribution in [0.1, 0.15) is 93.0 Å². The van der Waals surface area contributed by atoms with Gasteiger partial charge in [0.15, 0.2) is 5.58 Å². The molecule has 0 unspecified atom stereocenters. The van der Waals surface area contributed by atoms with Crippen LogP contribution in [-0.4, -0.2) is 14.5 Å². The average Bonchev–Trinajstić information content (AvgIpc) is 3.84. The fourth-order valence-electron chi connectivity index (χ4n) is 8.22. The molecule has 3 heterocycles. The van der Waals surface area contributed by atoms with Crippen molar-refractivity contribution in [1.82, 2.24) is 14.5 Å². The molecule has 260 valence electrons.